The maximum absolute atomic E-state index is 13.0. The fourth-order valence-corrected chi connectivity index (χ4v) is 2.99. The molecule has 156 valence electrons. The van der Waals surface area contributed by atoms with Crippen molar-refractivity contribution in [2.75, 3.05) is 6.61 Å². The molecular formula is C23H29ClN2O3. The van der Waals surface area contributed by atoms with E-state index in [2.05, 4.69) is 5.32 Å². The Hall–Kier alpha value is -2.53. The van der Waals surface area contributed by atoms with Crippen molar-refractivity contribution < 1.29 is 14.3 Å². The van der Waals surface area contributed by atoms with Gasteiger partial charge >= 0.3 is 0 Å². The van der Waals surface area contributed by atoms with Crippen molar-refractivity contribution in [1.82, 2.24) is 10.2 Å². The number of carbonyl (C=O) groups excluding carboxylic acids is 2. The van der Waals surface area contributed by atoms with E-state index in [1.165, 1.54) is 4.90 Å². The van der Waals surface area contributed by atoms with Crippen LogP contribution < -0.4 is 10.1 Å². The summed E-state index contributed by atoms with van der Waals surface area (Å²) in [6.45, 7) is 7.65. The van der Waals surface area contributed by atoms with Crippen LogP contribution in [0, 0.1) is 6.92 Å². The number of carbonyl (C=O) groups is 2. The van der Waals surface area contributed by atoms with Gasteiger partial charge < -0.3 is 15.0 Å². The third-order valence-corrected chi connectivity index (χ3v) is 5.28. The summed E-state index contributed by atoms with van der Waals surface area (Å²) in [5.41, 5.74) is 1.72. The van der Waals surface area contributed by atoms with Crippen LogP contribution in [0.4, 0.5) is 0 Å². The van der Waals surface area contributed by atoms with E-state index in [-0.39, 0.29) is 31.0 Å². The van der Waals surface area contributed by atoms with Crippen molar-refractivity contribution in [3.63, 3.8) is 0 Å². The molecule has 2 amide bonds. The lowest BCUT2D eigenvalue weighted by Crippen LogP contribution is -2.50. The number of para-hydroxylation sites is 1. The second kappa shape index (κ2) is 10.9. The molecule has 0 aromatic heterocycles. The number of aryl methyl sites for hydroxylation is 1. The van der Waals surface area contributed by atoms with Gasteiger partial charge in [-0.15, -0.1) is 0 Å². The number of nitrogens with zero attached hydrogens (tertiary/aromatic N) is 1. The molecule has 0 spiro atoms. The normalized spacial score (nSPS) is 12.7. The minimum Gasteiger partial charge on any atom is -0.484 e. The van der Waals surface area contributed by atoms with Gasteiger partial charge in [-0.2, -0.15) is 0 Å². The van der Waals surface area contributed by atoms with Gasteiger partial charge in [0.15, 0.2) is 6.61 Å². The zero-order valence-corrected chi connectivity index (χ0v) is 18.2. The summed E-state index contributed by atoms with van der Waals surface area (Å²) in [5, 5.41) is 3.50. The number of nitrogens with one attached hydrogen (secondary N) is 1. The van der Waals surface area contributed by atoms with Crippen LogP contribution in [0.2, 0.25) is 5.02 Å². The molecule has 0 heterocycles. The average molecular weight is 417 g/mol. The van der Waals surface area contributed by atoms with Crippen molar-refractivity contribution in [2.45, 2.75) is 52.7 Å². The van der Waals surface area contributed by atoms with Gasteiger partial charge in [0, 0.05) is 17.6 Å². The second-order valence-corrected chi connectivity index (χ2v) is 7.57. The summed E-state index contributed by atoms with van der Waals surface area (Å²) in [6, 6.07) is 14.2. The van der Waals surface area contributed by atoms with E-state index in [4.69, 9.17) is 16.3 Å². The summed E-state index contributed by atoms with van der Waals surface area (Å²) < 4.78 is 5.72. The van der Waals surface area contributed by atoms with Gasteiger partial charge in [0.2, 0.25) is 5.91 Å². The molecule has 2 aromatic rings. The number of halogens is 1. The molecule has 1 N–H and O–H groups in total. The highest BCUT2D eigenvalue weighted by Crippen LogP contribution is 2.20. The highest BCUT2D eigenvalue weighted by Gasteiger charge is 2.27. The standard InChI is InChI=1S/C23H29ClN2O3/c1-5-17(3)25-23(28)18(4)26(14-19-11-7-8-12-20(19)24)22(27)15-29-21-13-9-6-10-16(21)2/h6-13,17-18H,5,14-15H2,1-4H3,(H,25,28)/t17-,18+/m1/s1. The van der Waals surface area contributed by atoms with Crippen LogP contribution in [-0.2, 0) is 16.1 Å². The summed E-state index contributed by atoms with van der Waals surface area (Å²) in [5.74, 6) is 0.172. The molecule has 5 nitrogen and oxygen atoms in total. The molecule has 0 saturated carbocycles. The van der Waals surface area contributed by atoms with Crippen molar-refractivity contribution >= 4 is 23.4 Å². The van der Waals surface area contributed by atoms with Crippen molar-refractivity contribution in [2.24, 2.45) is 0 Å². The van der Waals surface area contributed by atoms with Gasteiger partial charge in [-0.1, -0.05) is 54.9 Å². The second-order valence-electron chi connectivity index (χ2n) is 7.16. The first-order valence-corrected chi connectivity index (χ1v) is 10.2. The average Bonchev–Trinajstić information content (AvgIpc) is 2.71. The molecule has 0 fully saturated rings. The topological polar surface area (TPSA) is 58.6 Å². The third kappa shape index (κ3) is 6.50. The first-order valence-electron chi connectivity index (χ1n) is 9.85. The molecule has 0 aliphatic rings. The van der Waals surface area contributed by atoms with Gasteiger partial charge in [0.1, 0.15) is 11.8 Å². The molecule has 0 aliphatic heterocycles. The van der Waals surface area contributed by atoms with Crippen LogP contribution in [-0.4, -0.2) is 35.4 Å². The Morgan fingerprint density at radius 3 is 2.41 bits per heavy atom. The van der Waals surface area contributed by atoms with Crippen molar-refractivity contribution in [3.8, 4) is 5.75 Å². The van der Waals surface area contributed by atoms with Crippen LogP contribution in [0.3, 0.4) is 0 Å². The van der Waals surface area contributed by atoms with Gasteiger partial charge in [0.05, 0.1) is 0 Å². The first-order chi connectivity index (χ1) is 13.8. The number of amides is 2. The van der Waals surface area contributed by atoms with E-state index in [0.717, 1.165) is 17.5 Å². The number of hydrogen-bond donors (Lipinski definition) is 1. The monoisotopic (exact) mass is 416 g/mol. The number of ether oxygens (including phenoxy) is 1. The maximum atomic E-state index is 13.0. The molecule has 2 atom stereocenters. The Labute approximate surface area is 178 Å². The Balaban J connectivity index is 2.18. The number of hydrogen-bond acceptors (Lipinski definition) is 3. The Morgan fingerprint density at radius 2 is 1.76 bits per heavy atom. The predicted molar refractivity (Wildman–Crippen MR) is 116 cm³/mol. The van der Waals surface area contributed by atoms with Crippen LogP contribution in [0.5, 0.6) is 5.75 Å². The Morgan fingerprint density at radius 1 is 1.10 bits per heavy atom. The molecule has 0 unspecified atom stereocenters. The van der Waals surface area contributed by atoms with Crippen molar-refractivity contribution in [3.05, 3.63) is 64.7 Å². The molecule has 29 heavy (non-hydrogen) atoms. The van der Waals surface area contributed by atoms with Gasteiger partial charge in [-0.3, -0.25) is 9.59 Å². The third-order valence-electron chi connectivity index (χ3n) is 4.91. The summed E-state index contributed by atoms with van der Waals surface area (Å²) in [6.07, 6.45) is 0.813. The zero-order valence-electron chi connectivity index (χ0n) is 17.4. The summed E-state index contributed by atoms with van der Waals surface area (Å²) in [7, 11) is 0. The Kier molecular flexibility index (Phi) is 8.52. The molecule has 6 heteroatoms. The van der Waals surface area contributed by atoms with Crippen LogP contribution in [0.25, 0.3) is 0 Å². The molecule has 0 radical (unpaired) electrons. The van der Waals surface area contributed by atoms with E-state index < -0.39 is 6.04 Å². The zero-order chi connectivity index (χ0) is 21.4. The SMILES string of the molecule is CC[C@@H](C)NC(=O)[C@H](C)N(Cc1ccccc1Cl)C(=O)COc1ccccc1C. The van der Waals surface area contributed by atoms with Gasteiger partial charge in [0.25, 0.3) is 5.91 Å². The first kappa shape index (κ1) is 22.8. The lowest BCUT2D eigenvalue weighted by Gasteiger charge is -2.30. The van der Waals surface area contributed by atoms with Crippen LogP contribution in [0.15, 0.2) is 48.5 Å². The van der Waals surface area contributed by atoms with E-state index in [1.807, 2.05) is 63.2 Å². The molecule has 2 rings (SSSR count). The van der Waals surface area contributed by atoms with E-state index >= 15 is 0 Å². The lowest BCUT2D eigenvalue weighted by atomic mass is 10.1. The minimum absolute atomic E-state index is 0.0328. The van der Waals surface area contributed by atoms with E-state index in [1.54, 1.807) is 13.0 Å². The Bertz CT molecular complexity index is 840. The fraction of sp³-hybridized carbons (Fsp3) is 0.391. The highest BCUT2D eigenvalue weighted by molar-refractivity contribution is 6.31. The van der Waals surface area contributed by atoms with Gasteiger partial charge in [-0.25, -0.2) is 0 Å². The highest BCUT2D eigenvalue weighted by atomic mass is 35.5. The minimum atomic E-state index is -0.659. The molecule has 0 aliphatic carbocycles. The van der Waals surface area contributed by atoms with E-state index in [0.29, 0.717) is 10.8 Å². The molecule has 0 saturated heterocycles. The van der Waals surface area contributed by atoms with Gasteiger partial charge in [-0.05, 0) is 50.5 Å². The maximum Gasteiger partial charge on any atom is 0.261 e. The van der Waals surface area contributed by atoms with Crippen molar-refractivity contribution in [1.29, 1.82) is 0 Å². The largest absolute Gasteiger partial charge is 0.484 e. The van der Waals surface area contributed by atoms with Crippen LogP contribution >= 0.6 is 11.6 Å². The summed E-state index contributed by atoms with van der Waals surface area (Å²) in [4.78, 5) is 27.2. The summed E-state index contributed by atoms with van der Waals surface area (Å²) >= 11 is 6.29. The lowest BCUT2D eigenvalue weighted by molar-refractivity contribution is -0.142. The quantitative estimate of drug-likeness (QED) is 0.660. The predicted octanol–water partition coefficient (Wildman–Crippen LogP) is 4.36. The van der Waals surface area contributed by atoms with E-state index in [9.17, 15) is 9.59 Å². The molecule has 0 bridgehead atoms. The molecule has 2 aromatic carbocycles. The number of rotatable bonds is 9. The molecular weight excluding hydrogens is 388 g/mol. The number of benzene rings is 2. The van der Waals surface area contributed by atoms with Crippen LogP contribution in [0.1, 0.15) is 38.3 Å². The smallest absolute Gasteiger partial charge is 0.261 e. The fourth-order valence-electron chi connectivity index (χ4n) is 2.80.